The molecule has 8 rings (SSSR count). The fraction of sp³-hybridized carbons (Fsp3) is 0.534. The summed E-state index contributed by atoms with van der Waals surface area (Å²) in [5, 5.41) is 14.4. The van der Waals surface area contributed by atoms with E-state index in [0.29, 0.717) is 102 Å². The molecule has 5 aliphatic rings. The zero-order valence-corrected chi connectivity index (χ0v) is 48.0. The highest BCUT2D eigenvalue weighted by Gasteiger charge is 2.43. The van der Waals surface area contributed by atoms with Crippen LogP contribution in [0.3, 0.4) is 0 Å². The van der Waals surface area contributed by atoms with Crippen LogP contribution in [0.4, 0.5) is 20.3 Å². The van der Waals surface area contributed by atoms with Crippen molar-refractivity contribution in [2.75, 3.05) is 96.7 Å². The minimum atomic E-state index is -0.820. The van der Waals surface area contributed by atoms with Crippen LogP contribution < -0.4 is 31.3 Å². The highest BCUT2D eigenvalue weighted by Crippen LogP contribution is 2.40. The van der Waals surface area contributed by atoms with Crippen LogP contribution >= 0.6 is 11.8 Å². The number of allylic oxidation sites excluding steroid dienone is 2. The number of aromatic nitrogens is 3. The Hall–Kier alpha value is -7.02. The zero-order valence-electron chi connectivity index (χ0n) is 47.2. The first-order chi connectivity index (χ1) is 39.5. The Morgan fingerprint density at radius 1 is 0.951 bits per heavy atom. The first-order valence-electron chi connectivity index (χ1n) is 28.2. The number of thioether (sulfide) groups is 1. The number of ketones is 1. The Morgan fingerprint density at radius 2 is 1.67 bits per heavy atom. The van der Waals surface area contributed by atoms with Crippen molar-refractivity contribution < 1.29 is 51.8 Å². The number of carbonyl (C=O) groups is 6. The van der Waals surface area contributed by atoms with Crippen molar-refractivity contribution in [2.24, 2.45) is 10.9 Å². The molecule has 0 spiro atoms. The van der Waals surface area contributed by atoms with Crippen molar-refractivity contribution in [3.05, 3.63) is 89.8 Å². The molecule has 24 heteroatoms. The molecule has 5 atom stereocenters. The summed E-state index contributed by atoms with van der Waals surface area (Å²) in [7, 11) is 4.85. The maximum absolute atomic E-state index is 15.0. The van der Waals surface area contributed by atoms with Crippen LogP contribution in [0.2, 0.25) is 0 Å². The maximum atomic E-state index is 15.0. The number of piperidine rings is 1. The summed E-state index contributed by atoms with van der Waals surface area (Å²) in [4.78, 5) is 96.9. The lowest BCUT2D eigenvalue weighted by molar-refractivity contribution is -0.140. The number of ether oxygens (including phenoxy) is 3. The molecular formula is C58H76F2N12O9S. The first kappa shape index (κ1) is 61.1. The molecule has 5 N–H and O–H groups in total. The summed E-state index contributed by atoms with van der Waals surface area (Å²) in [6.07, 6.45) is 10.0. The number of carbonyl (C=O) groups excluding carboxylic acids is 6. The van der Waals surface area contributed by atoms with Gasteiger partial charge in [-0.2, -0.15) is 5.10 Å². The number of nitrogens with one attached hydrogen (secondary N) is 3. The second-order valence-electron chi connectivity index (χ2n) is 21.1. The molecule has 442 valence electrons. The molecule has 21 nitrogen and oxygen atoms in total. The predicted molar refractivity (Wildman–Crippen MR) is 308 cm³/mol. The molecule has 1 aromatic carbocycles. The second kappa shape index (κ2) is 28.8. The molecule has 2 aromatic heterocycles. The van der Waals surface area contributed by atoms with E-state index in [1.54, 1.807) is 41.7 Å². The average molecular weight is 1160 g/mol. The quantitative estimate of drug-likeness (QED) is 0.0840. The molecule has 3 fully saturated rings. The topological polar surface area (TPSA) is 248 Å². The second-order valence-corrected chi connectivity index (χ2v) is 22.2. The predicted octanol–water partition coefficient (Wildman–Crippen LogP) is 4.62. The Bertz CT molecular complexity index is 2910. The van der Waals surface area contributed by atoms with Gasteiger partial charge in [-0.25, -0.2) is 18.4 Å². The van der Waals surface area contributed by atoms with Crippen molar-refractivity contribution >= 4 is 63.6 Å². The van der Waals surface area contributed by atoms with E-state index in [2.05, 4.69) is 32.4 Å². The van der Waals surface area contributed by atoms with E-state index in [4.69, 9.17) is 30.0 Å². The fourth-order valence-electron chi connectivity index (χ4n) is 11.0. The summed E-state index contributed by atoms with van der Waals surface area (Å²) in [5.41, 5.74) is 9.90. The highest BCUT2D eigenvalue weighted by molar-refractivity contribution is 8.14. The lowest BCUT2D eigenvalue weighted by Gasteiger charge is -2.38. The number of pyridine rings is 1. The summed E-state index contributed by atoms with van der Waals surface area (Å²) >= 11 is 1.45. The molecule has 5 aliphatic heterocycles. The van der Waals surface area contributed by atoms with E-state index < -0.39 is 29.8 Å². The van der Waals surface area contributed by atoms with Gasteiger partial charge in [-0.15, -0.1) is 11.8 Å². The average Bonchev–Trinajstić information content (AvgIpc) is 4.51. The molecule has 82 heavy (non-hydrogen) atoms. The maximum Gasteiger partial charge on any atom is 0.246 e. The fourth-order valence-corrected chi connectivity index (χ4v) is 12.2. The van der Waals surface area contributed by atoms with Crippen LogP contribution in [0.5, 0.6) is 5.88 Å². The number of likely N-dealkylation sites (tertiary alicyclic amines) is 2. The lowest BCUT2D eigenvalue weighted by Crippen LogP contribution is -2.58. The molecule has 0 aliphatic carbocycles. The molecule has 5 amide bonds. The number of nitrogen functional groups attached to an aromatic ring is 1. The van der Waals surface area contributed by atoms with Gasteiger partial charge in [-0.1, -0.05) is 12.7 Å². The number of nitrogens with two attached hydrogens (primary N) is 1. The van der Waals surface area contributed by atoms with Crippen molar-refractivity contribution in [1.82, 2.24) is 45.4 Å². The minimum Gasteiger partial charge on any atom is -0.481 e. The van der Waals surface area contributed by atoms with Gasteiger partial charge in [0.15, 0.2) is 5.78 Å². The number of hydrogen-bond donors (Lipinski definition) is 4. The van der Waals surface area contributed by atoms with Crippen LogP contribution in [0.1, 0.15) is 80.8 Å². The van der Waals surface area contributed by atoms with Gasteiger partial charge in [0.1, 0.15) is 29.5 Å². The molecule has 3 aromatic rings. The third-order valence-electron chi connectivity index (χ3n) is 15.7. The monoisotopic (exact) mass is 1150 g/mol. The zero-order chi connectivity index (χ0) is 58.5. The Morgan fingerprint density at radius 3 is 2.40 bits per heavy atom. The third-order valence-corrected chi connectivity index (χ3v) is 16.8. The number of aliphatic imine (C=N–C) groups is 1. The lowest BCUT2D eigenvalue weighted by atomic mass is 9.88. The van der Waals surface area contributed by atoms with E-state index in [0.717, 1.165) is 19.3 Å². The molecule has 0 radical (unpaired) electrons. The van der Waals surface area contributed by atoms with E-state index in [-0.39, 0.29) is 119 Å². The van der Waals surface area contributed by atoms with E-state index in [1.165, 1.54) is 66.3 Å². The van der Waals surface area contributed by atoms with E-state index >= 15 is 0 Å². The van der Waals surface area contributed by atoms with Gasteiger partial charge in [0, 0.05) is 75.7 Å². The number of likely N-dealkylation sites (N-methyl/N-ethyl adjacent to an activating group) is 1. The van der Waals surface area contributed by atoms with Crippen molar-refractivity contribution in [3.63, 3.8) is 0 Å². The van der Waals surface area contributed by atoms with Gasteiger partial charge in [0.05, 0.1) is 93.2 Å². The number of Topliss-reactive ketones (excluding diaryl/α,β-unsaturated/α-hetero) is 1. The number of amides is 5. The van der Waals surface area contributed by atoms with Crippen LogP contribution in [-0.2, 0) is 46.5 Å². The number of benzene rings is 1. The Balaban J connectivity index is 0.767. The standard InChI is InChI=1S/C58H76F2N12O9S/c1-36-31-42(60)9-6-12-49(74)68(4)34-43-51(40-32-47(54(61)64-33-40)70-22-7-10-45(36)70)58(79-5)72(67-43)26-21-63-48(73)19-27-80-29-30-81-28-20-50(75)69-24-17-38(18-25-69)52(66-55(77)37(2)62-3)57(78)71-23-8-11-46(71)56-65-44(35-82-56)53(76)39-13-15-41(59)16-14-39/h6,9,13-16,31-33,37-38,44-46,52,62H,1,7-8,10-12,17-30,34-35H2,2-5H3,(H2,61,64)(H,63,73)(H,66,77)/b9-6-,42-31+/t37-,44?,45-,46-,52-/m1/s1. The van der Waals surface area contributed by atoms with E-state index in [1.807, 2.05) is 6.07 Å². The van der Waals surface area contributed by atoms with Crippen molar-refractivity contribution in [1.29, 1.82) is 0 Å². The van der Waals surface area contributed by atoms with Crippen LogP contribution in [-0.4, -0.2) is 186 Å². The number of hydrogen-bond acceptors (Lipinski definition) is 16. The minimum absolute atomic E-state index is 0.0294. The molecule has 7 heterocycles. The Labute approximate surface area is 481 Å². The number of rotatable bonds is 21. The van der Waals surface area contributed by atoms with Crippen molar-refractivity contribution in [3.8, 4) is 17.0 Å². The first-order valence-corrected chi connectivity index (χ1v) is 29.1. The molecular weight excluding hydrogens is 1080 g/mol. The van der Waals surface area contributed by atoms with Gasteiger partial charge in [-0.3, -0.25) is 33.8 Å². The van der Waals surface area contributed by atoms with Gasteiger partial charge in [0.25, 0.3) is 0 Å². The molecule has 2 bridgehead atoms. The van der Waals surface area contributed by atoms with E-state index in [9.17, 15) is 37.5 Å². The summed E-state index contributed by atoms with van der Waals surface area (Å²) in [5.74, 6) is -1.30. The third kappa shape index (κ3) is 15.2. The van der Waals surface area contributed by atoms with Crippen LogP contribution in [0, 0.1) is 11.7 Å². The number of anilines is 2. The SMILES string of the molecule is C=C1/C=C(F)\C=C/CC(=O)N(C)Cc2nn(CCNC(=O)CCOCCOCCC(=O)N3CCC([C@@H](NC(=O)[C@@H](C)NC)C(=O)N4CCC[C@@H]4C4=NC(C(=O)c5ccc(F)cc5)CS4)CC3)c(OC)c2-c2cnc(N)c(c2)N2CCC[C@H]12. The van der Waals surface area contributed by atoms with Gasteiger partial charge < -0.3 is 55.5 Å². The Kier molecular flexibility index (Phi) is 21.4. The number of methoxy groups -OCH3 is 1. The van der Waals surface area contributed by atoms with Gasteiger partial charge in [-0.05, 0) is 106 Å². The van der Waals surface area contributed by atoms with Crippen molar-refractivity contribution in [2.45, 2.75) is 108 Å². The molecule has 0 saturated carbocycles. The summed E-state index contributed by atoms with van der Waals surface area (Å²) in [6.45, 7) is 9.16. The summed E-state index contributed by atoms with van der Waals surface area (Å²) < 4.78 is 47.5. The molecule has 3 saturated heterocycles. The normalized spacial score (nSPS) is 21.5. The number of fused-ring (bicyclic) bond motifs is 6. The largest absolute Gasteiger partial charge is 0.481 e. The van der Waals surface area contributed by atoms with Gasteiger partial charge in [0.2, 0.25) is 35.4 Å². The smallest absolute Gasteiger partial charge is 0.246 e. The van der Waals surface area contributed by atoms with Gasteiger partial charge >= 0.3 is 0 Å². The number of nitrogens with zero attached hydrogens (tertiary/aromatic N) is 8. The summed E-state index contributed by atoms with van der Waals surface area (Å²) in [6, 6.07) is 4.79. The molecule has 1 unspecified atom stereocenters. The van der Waals surface area contributed by atoms with Crippen LogP contribution in [0.25, 0.3) is 11.1 Å². The van der Waals surface area contributed by atoms with Crippen LogP contribution in [0.15, 0.2) is 77.7 Å². The number of halogens is 2. The highest BCUT2D eigenvalue weighted by atomic mass is 32.2.